The van der Waals surface area contributed by atoms with E-state index in [1.807, 2.05) is 25.1 Å². The Morgan fingerprint density at radius 2 is 1.93 bits per heavy atom. The predicted molar refractivity (Wildman–Crippen MR) is 107 cm³/mol. The van der Waals surface area contributed by atoms with Crippen LogP contribution in [0.1, 0.15) is 55.3 Å². The number of rotatable bonds is 6. The summed E-state index contributed by atoms with van der Waals surface area (Å²) in [6.07, 6.45) is 1.76. The molecule has 0 saturated heterocycles. The minimum atomic E-state index is -0.0692. The molecular weight excluding hydrogens is 342 g/mol. The maximum Gasteiger partial charge on any atom is 0.251 e. The van der Waals surface area contributed by atoms with Crippen molar-refractivity contribution < 1.29 is 9.21 Å². The van der Waals surface area contributed by atoms with Crippen molar-refractivity contribution >= 4 is 11.9 Å². The molecule has 0 fully saturated rings. The Bertz CT molecular complexity index is 790. The quantitative estimate of drug-likeness (QED) is 0.536. The van der Waals surface area contributed by atoms with Crippen molar-refractivity contribution in [3.05, 3.63) is 53.2 Å². The number of guanidine groups is 1. The first kappa shape index (κ1) is 20.5. The lowest BCUT2D eigenvalue weighted by Gasteiger charge is -2.13. The van der Waals surface area contributed by atoms with Crippen LogP contribution in [0.2, 0.25) is 0 Å². The standard InChI is InChI=1S/C20H29N5O2/c1-6-22-18(26)15-9-7-8-14(10-15)11-24-19(21-5)25-13-17-23-12-16(27-17)20(2,3)4/h7-10,12H,6,11,13H2,1-5H3,(H,22,26)(H2,21,24,25). The summed E-state index contributed by atoms with van der Waals surface area (Å²) in [5.41, 5.74) is 1.57. The molecule has 1 heterocycles. The number of aromatic nitrogens is 1. The van der Waals surface area contributed by atoms with Gasteiger partial charge in [0.2, 0.25) is 5.89 Å². The first-order valence-corrected chi connectivity index (χ1v) is 9.10. The maximum atomic E-state index is 11.9. The second-order valence-electron chi connectivity index (χ2n) is 7.21. The Kier molecular flexibility index (Phi) is 6.98. The van der Waals surface area contributed by atoms with Gasteiger partial charge in [0.25, 0.3) is 5.91 Å². The average Bonchev–Trinajstić information content (AvgIpc) is 3.12. The molecule has 0 aliphatic rings. The fourth-order valence-electron chi connectivity index (χ4n) is 2.39. The monoisotopic (exact) mass is 371 g/mol. The van der Waals surface area contributed by atoms with Gasteiger partial charge in [-0.15, -0.1) is 0 Å². The molecule has 0 radical (unpaired) electrons. The van der Waals surface area contributed by atoms with Crippen molar-refractivity contribution in [3.63, 3.8) is 0 Å². The van der Waals surface area contributed by atoms with Gasteiger partial charge < -0.3 is 20.4 Å². The van der Waals surface area contributed by atoms with E-state index in [0.29, 0.717) is 37.0 Å². The molecule has 1 aromatic carbocycles. The Hall–Kier alpha value is -2.83. The number of hydrogen-bond acceptors (Lipinski definition) is 4. The maximum absolute atomic E-state index is 11.9. The van der Waals surface area contributed by atoms with Crippen LogP contribution in [0.25, 0.3) is 0 Å². The number of nitrogens with zero attached hydrogens (tertiary/aromatic N) is 2. The van der Waals surface area contributed by atoms with E-state index in [0.717, 1.165) is 11.3 Å². The van der Waals surface area contributed by atoms with Crippen LogP contribution in [0.3, 0.4) is 0 Å². The fraction of sp³-hybridized carbons (Fsp3) is 0.450. The molecule has 0 spiro atoms. The van der Waals surface area contributed by atoms with Gasteiger partial charge in [-0.3, -0.25) is 9.79 Å². The van der Waals surface area contributed by atoms with Gasteiger partial charge in [-0.2, -0.15) is 0 Å². The fourth-order valence-corrected chi connectivity index (χ4v) is 2.39. The van der Waals surface area contributed by atoms with Crippen LogP contribution >= 0.6 is 0 Å². The van der Waals surface area contributed by atoms with E-state index in [9.17, 15) is 4.79 Å². The van der Waals surface area contributed by atoms with Crippen molar-refractivity contribution in [2.45, 2.75) is 46.2 Å². The number of nitrogens with one attached hydrogen (secondary N) is 3. The van der Waals surface area contributed by atoms with E-state index in [1.165, 1.54) is 0 Å². The third-order valence-electron chi connectivity index (χ3n) is 3.91. The Morgan fingerprint density at radius 3 is 2.56 bits per heavy atom. The van der Waals surface area contributed by atoms with E-state index in [-0.39, 0.29) is 11.3 Å². The molecule has 0 aliphatic carbocycles. The number of aliphatic imine (C=N–C) groups is 1. The topological polar surface area (TPSA) is 91.5 Å². The molecule has 2 rings (SSSR count). The van der Waals surface area contributed by atoms with Crippen molar-refractivity contribution in [1.82, 2.24) is 20.9 Å². The smallest absolute Gasteiger partial charge is 0.251 e. The Labute approximate surface area is 160 Å². The lowest BCUT2D eigenvalue weighted by atomic mass is 9.94. The molecule has 0 bridgehead atoms. The number of carbonyl (C=O) groups excluding carboxylic acids is 1. The van der Waals surface area contributed by atoms with Crippen LogP contribution in [-0.2, 0) is 18.5 Å². The van der Waals surface area contributed by atoms with Gasteiger partial charge in [-0.1, -0.05) is 32.9 Å². The molecule has 3 N–H and O–H groups in total. The van der Waals surface area contributed by atoms with Crippen LogP contribution in [0.15, 0.2) is 39.9 Å². The number of hydrogen-bond donors (Lipinski definition) is 3. The molecule has 27 heavy (non-hydrogen) atoms. The van der Waals surface area contributed by atoms with E-state index in [4.69, 9.17) is 4.42 Å². The minimum absolute atomic E-state index is 0.0691. The zero-order valence-corrected chi connectivity index (χ0v) is 16.7. The Morgan fingerprint density at radius 1 is 1.19 bits per heavy atom. The molecule has 0 atom stereocenters. The molecule has 146 valence electrons. The molecule has 7 heteroatoms. The van der Waals surface area contributed by atoms with Gasteiger partial charge in [0.15, 0.2) is 5.96 Å². The van der Waals surface area contributed by atoms with Crippen molar-refractivity contribution in [3.8, 4) is 0 Å². The highest BCUT2D eigenvalue weighted by Crippen LogP contribution is 2.22. The van der Waals surface area contributed by atoms with Crippen LogP contribution in [0.4, 0.5) is 0 Å². The van der Waals surface area contributed by atoms with Gasteiger partial charge in [-0.05, 0) is 24.6 Å². The Balaban J connectivity index is 1.90. The first-order chi connectivity index (χ1) is 12.8. The molecule has 7 nitrogen and oxygen atoms in total. The summed E-state index contributed by atoms with van der Waals surface area (Å²) in [5.74, 6) is 2.03. The molecule has 1 amide bonds. The van der Waals surface area contributed by atoms with E-state index in [1.54, 1.807) is 19.3 Å². The molecular formula is C20H29N5O2. The van der Waals surface area contributed by atoms with E-state index >= 15 is 0 Å². The number of amides is 1. The zero-order chi connectivity index (χ0) is 19.9. The lowest BCUT2D eigenvalue weighted by molar-refractivity contribution is 0.0955. The summed E-state index contributed by atoms with van der Waals surface area (Å²) in [4.78, 5) is 20.4. The average molecular weight is 371 g/mol. The van der Waals surface area contributed by atoms with Gasteiger partial charge in [-0.25, -0.2) is 4.98 Å². The highest BCUT2D eigenvalue weighted by atomic mass is 16.4. The van der Waals surface area contributed by atoms with E-state index < -0.39 is 0 Å². The molecule has 0 unspecified atom stereocenters. The van der Waals surface area contributed by atoms with Gasteiger partial charge >= 0.3 is 0 Å². The summed E-state index contributed by atoms with van der Waals surface area (Å²) >= 11 is 0. The summed E-state index contributed by atoms with van der Waals surface area (Å²) in [6, 6.07) is 7.51. The normalized spacial score (nSPS) is 12.0. The highest BCUT2D eigenvalue weighted by Gasteiger charge is 2.19. The third-order valence-corrected chi connectivity index (χ3v) is 3.91. The van der Waals surface area contributed by atoms with Crippen molar-refractivity contribution in [2.75, 3.05) is 13.6 Å². The first-order valence-electron chi connectivity index (χ1n) is 9.10. The predicted octanol–water partition coefficient (Wildman–Crippen LogP) is 2.59. The van der Waals surface area contributed by atoms with Crippen molar-refractivity contribution in [2.24, 2.45) is 4.99 Å². The molecule has 0 aliphatic heterocycles. The van der Waals surface area contributed by atoms with Crippen LogP contribution < -0.4 is 16.0 Å². The SMILES string of the molecule is CCNC(=O)c1cccc(CNC(=NC)NCc2ncc(C(C)(C)C)o2)c1. The minimum Gasteiger partial charge on any atom is -0.443 e. The van der Waals surface area contributed by atoms with E-state index in [2.05, 4.69) is 46.7 Å². The van der Waals surface area contributed by atoms with Gasteiger partial charge in [0, 0.05) is 31.1 Å². The van der Waals surface area contributed by atoms with Crippen LogP contribution in [0.5, 0.6) is 0 Å². The summed E-state index contributed by atoms with van der Waals surface area (Å²) in [7, 11) is 1.70. The largest absolute Gasteiger partial charge is 0.443 e. The van der Waals surface area contributed by atoms with Crippen molar-refractivity contribution in [1.29, 1.82) is 0 Å². The third kappa shape index (κ3) is 6.13. The molecule has 2 aromatic rings. The van der Waals surface area contributed by atoms with Gasteiger partial charge in [0.05, 0.1) is 12.7 Å². The summed E-state index contributed by atoms with van der Waals surface area (Å²) in [6.45, 7) is 9.74. The second-order valence-corrected chi connectivity index (χ2v) is 7.21. The lowest BCUT2D eigenvalue weighted by Crippen LogP contribution is -2.36. The number of oxazole rings is 1. The number of carbonyl (C=O) groups is 1. The summed E-state index contributed by atoms with van der Waals surface area (Å²) in [5, 5.41) is 9.21. The number of benzene rings is 1. The van der Waals surface area contributed by atoms with Crippen LogP contribution in [-0.4, -0.2) is 30.4 Å². The molecule has 1 aromatic heterocycles. The second kappa shape index (κ2) is 9.21. The van der Waals surface area contributed by atoms with Crippen LogP contribution in [0, 0.1) is 0 Å². The summed E-state index contributed by atoms with van der Waals surface area (Å²) < 4.78 is 5.77. The zero-order valence-electron chi connectivity index (χ0n) is 16.7. The highest BCUT2D eigenvalue weighted by molar-refractivity contribution is 5.94. The van der Waals surface area contributed by atoms with Gasteiger partial charge in [0.1, 0.15) is 5.76 Å². The molecule has 0 saturated carbocycles.